The summed E-state index contributed by atoms with van der Waals surface area (Å²) in [6.07, 6.45) is 0. The second-order valence-electron chi connectivity index (χ2n) is 6.32. The molecule has 3 rings (SSSR count). The maximum Gasteiger partial charge on any atom is 0.173 e. The SMILES string of the molecule is Cc1ccc(CN(CCN2CCOCC2)C(=S)Nc2ccc(F)cc2)o1. The standard InChI is InChI=1S/C19H24FN3O2S/c1-15-2-7-18(25-15)14-23(9-8-22-10-12-24-13-11-22)19(26)21-17-5-3-16(20)4-6-17/h2-7H,8-14H2,1H3,(H,21,26). The van der Waals surface area contributed by atoms with Gasteiger partial charge in [0.05, 0.1) is 19.8 Å². The minimum Gasteiger partial charge on any atom is -0.464 e. The van der Waals surface area contributed by atoms with Crippen molar-refractivity contribution < 1.29 is 13.5 Å². The number of hydrogen-bond donors (Lipinski definition) is 1. The Morgan fingerprint density at radius 2 is 1.92 bits per heavy atom. The summed E-state index contributed by atoms with van der Waals surface area (Å²) in [5.74, 6) is 1.48. The predicted octanol–water partition coefficient (Wildman–Crippen LogP) is 3.26. The van der Waals surface area contributed by atoms with Gasteiger partial charge in [0.2, 0.25) is 0 Å². The molecule has 1 aromatic carbocycles. The molecule has 7 heteroatoms. The third-order valence-corrected chi connectivity index (χ3v) is 4.68. The third kappa shape index (κ3) is 5.52. The van der Waals surface area contributed by atoms with Crippen molar-refractivity contribution in [1.82, 2.24) is 9.80 Å². The fourth-order valence-electron chi connectivity index (χ4n) is 2.83. The van der Waals surface area contributed by atoms with E-state index in [1.807, 2.05) is 19.1 Å². The van der Waals surface area contributed by atoms with E-state index >= 15 is 0 Å². The Morgan fingerprint density at radius 3 is 2.58 bits per heavy atom. The van der Waals surface area contributed by atoms with Gasteiger partial charge in [-0.15, -0.1) is 0 Å². The number of anilines is 1. The zero-order valence-corrected chi connectivity index (χ0v) is 15.7. The minimum atomic E-state index is -0.267. The van der Waals surface area contributed by atoms with Crippen LogP contribution in [0.4, 0.5) is 10.1 Å². The van der Waals surface area contributed by atoms with Crippen LogP contribution in [0, 0.1) is 12.7 Å². The Morgan fingerprint density at radius 1 is 1.19 bits per heavy atom. The van der Waals surface area contributed by atoms with Gasteiger partial charge < -0.3 is 19.4 Å². The van der Waals surface area contributed by atoms with Crippen LogP contribution in [0.1, 0.15) is 11.5 Å². The van der Waals surface area contributed by atoms with E-state index < -0.39 is 0 Å². The number of aryl methyl sites for hydroxylation is 1. The molecule has 5 nitrogen and oxygen atoms in total. The number of benzene rings is 1. The van der Waals surface area contributed by atoms with Crippen LogP contribution in [0.15, 0.2) is 40.8 Å². The molecule has 0 amide bonds. The topological polar surface area (TPSA) is 40.9 Å². The van der Waals surface area contributed by atoms with Gasteiger partial charge in [-0.1, -0.05) is 0 Å². The van der Waals surface area contributed by atoms with E-state index in [4.69, 9.17) is 21.4 Å². The lowest BCUT2D eigenvalue weighted by Crippen LogP contribution is -2.43. The van der Waals surface area contributed by atoms with Crippen molar-refractivity contribution in [2.45, 2.75) is 13.5 Å². The number of halogens is 1. The van der Waals surface area contributed by atoms with Crippen LogP contribution in [0.3, 0.4) is 0 Å². The number of furan rings is 1. The van der Waals surface area contributed by atoms with Gasteiger partial charge in [0.15, 0.2) is 5.11 Å². The first kappa shape index (κ1) is 18.8. The van der Waals surface area contributed by atoms with Crippen LogP contribution in [0.25, 0.3) is 0 Å². The summed E-state index contributed by atoms with van der Waals surface area (Å²) in [5.41, 5.74) is 0.767. The average molecular weight is 377 g/mol. The molecular formula is C19H24FN3O2S. The van der Waals surface area contributed by atoms with Crippen molar-refractivity contribution >= 4 is 23.0 Å². The zero-order valence-electron chi connectivity index (χ0n) is 14.9. The van der Waals surface area contributed by atoms with Gasteiger partial charge in [-0.05, 0) is 55.5 Å². The Balaban J connectivity index is 1.63. The maximum atomic E-state index is 13.1. The summed E-state index contributed by atoms with van der Waals surface area (Å²) < 4.78 is 24.2. The first-order chi connectivity index (χ1) is 12.6. The van der Waals surface area contributed by atoms with Crippen molar-refractivity contribution in [3.63, 3.8) is 0 Å². The predicted molar refractivity (Wildman–Crippen MR) is 104 cm³/mol. The second kappa shape index (κ2) is 9.12. The van der Waals surface area contributed by atoms with Crippen LogP contribution >= 0.6 is 12.2 Å². The molecule has 1 aliphatic heterocycles. The zero-order chi connectivity index (χ0) is 18.4. The van der Waals surface area contributed by atoms with E-state index in [1.165, 1.54) is 12.1 Å². The molecule has 0 unspecified atom stereocenters. The summed E-state index contributed by atoms with van der Waals surface area (Å²) in [5, 5.41) is 3.79. The Labute approximate surface area is 158 Å². The van der Waals surface area contributed by atoms with Crippen molar-refractivity contribution in [2.24, 2.45) is 0 Å². The molecule has 26 heavy (non-hydrogen) atoms. The molecule has 0 bridgehead atoms. The fourth-order valence-corrected chi connectivity index (χ4v) is 3.11. The summed E-state index contributed by atoms with van der Waals surface area (Å²) >= 11 is 5.60. The number of ether oxygens (including phenoxy) is 1. The minimum absolute atomic E-state index is 0.267. The number of nitrogens with one attached hydrogen (secondary N) is 1. The van der Waals surface area contributed by atoms with Gasteiger partial charge in [0.25, 0.3) is 0 Å². The van der Waals surface area contributed by atoms with Crippen molar-refractivity contribution in [1.29, 1.82) is 0 Å². The molecule has 1 aromatic heterocycles. The third-order valence-electron chi connectivity index (χ3n) is 4.32. The van der Waals surface area contributed by atoms with Crippen LogP contribution in [0.2, 0.25) is 0 Å². The molecule has 1 saturated heterocycles. The van der Waals surface area contributed by atoms with Gasteiger partial charge in [0, 0.05) is 31.9 Å². The van der Waals surface area contributed by atoms with Gasteiger partial charge in [0.1, 0.15) is 17.3 Å². The normalized spacial score (nSPS) is 15.0. The summed E-state index contributed by atoms with van der Waals surface area (Å²) in [6.45, 7) is 7.60. The molecular weight excluding hydrogens is 353 g/mol. The highest BCUT2D eigenvalue weighted by Crippen LogP contribution is 2.14. The molecule has 2 aromatic rings. The lowest BCUT2D eigenvalue weighted by Gasteiger charge is -2.31. The van der Waals surface area contributed by atoms with E-state index in [0.717, 1.165) is 56.6 Å². The monoisotopic (exact) mass is 377 g/mol. The van der Waals surface area contributed by atoms with E-state index in [2.05, 4.69) is 15.1 Å². The largest absolute Gasteiger partial charge is 0.464 e. The maximum absolute atomic E-state index is 13.1. The van der Waals surface area contributed by atoms with E-state index in [-0.39, 0.29) is 5.82 Å². The van der Waals surface area contributed by atoms with Crippen molar-refractivity contribution in [2.75, 3.05) is 44.7 Å². The van der Waals surface area contributed by atoms with Crippen LogP contribution in [-0.2, 0) is 11.3 Å². The number of morpholine rings is 1. The molecule has 0 saturated carbocycles. The van der Waals surface area contributed by atoms with Gasteiger partial charge >= 0.3 is 0 Å². The van der Waals surface area contributed by atoms with Crippen LogP contribution in [-0.4, -0.2) is 54.3 Å². The quantitative estimate of drug-likeness (QED) is 0.780. The summed E-state index contributed by atoms with van der Waals surface area (Å²) in [6, 6.07) is 10.1. The Kier molecular flexibility index (Phi) is 6.60. The first-order valence-corrected chi connectivity index (χ1v) is 9.18. The van der Waals surface area contributed by atoms with E-state index in [1.54, 1.807) is 12.1 Å². The molecule has 1 fully saturated rings. The van der Waals surface area contributed by atoms with Gasteiger partial charge in [-0.2, -0.15) is 0 Å². The highest BCUT2D eigenvalue weighted by atomic mass is 32.1. The number of nitrogens with zero attached hydrogens (tertiary/aromatic N) is 2. The lowest BCUT2D eigenvalue weighted by molar-refractivity contribution is 0.0356. The Bertz CT molecular complexity index is 714. The molecule has 140 valence electrons. The molecule has 0 atom stereocenters. The van der Waals surface area contributed by atoms with Crippen molar-refractivity contribution in [3.8, 4) is 0 Å². The van der Waals surface area contributed by atoms with E-state index in [9.17, 15) is 4.39 Å². The molecule has 0 spiro atoms. The highest BCUT2D eigenvalue weighted by molar-refractivity contribution is 7.80. The van der Waals surface area contributed by atoms with Crippen molar-refractivity contribution in [3.05, 3.63) is 53.7 Å². The molecule has 2 heterocycles. The highest BCUT2D eigenvalue weighted by Gasteiger charge is 2.16. The second-order valence-corrected chi connectivity index (χ2v) is 6.71. The van der Waals surface area contributed by atoms with Gasteiger partial charge in [-0.3, -0.25) is 4.90 Å². The molecule has 0 aliphatic carbocycles. The smallest absolute Gasteiger partial charge is 0.173 e. The fraction of sp³-hybridized carbons (Fsp3) is 0.421. The Hall–Kier alpha value is -1.96. The number of hydrogen-bond acceptors (Lipinski definition) is 4. The summed E-state index contributed by atoms with van der Waals surface area (Å²) in [7, 11) is 0. The number of rotatable bonds is 6. The molecule has 0 radical (unpaired) electrons. The average Bonchev–Trinajstić information content (AvgIpc) is 3.06. The molecule has 1 N–H and O–H groups in total. The van der Waals surface area contributed by atoms with Gasteiger partial charge in [-0.25, -0.2) is 4.39 Å². The number of thiocarbonyl (C=S) groups is 1. The van der Waals surface area contributed by atoms with Crippen LogP contribution in [0.5, 0.6) is 0 Å². The molecule has 1 aliphatic rings. The van der Waals surface area contributed by atoms with Crippen LogP contribution < -0.4 is 5.32 Å². The van der Waals surface area contributed by atoms with E-state index in [0.29, 0.717) is 11.7 Å². The summed E-state index contributed by atoms with van der Waals surface area (Å²) in [4.78, 5) is 4.44. The first-order valence-electron chi connectivity index (χ1n) is 8.77. The lowest BCUT2D eigenvalue weighted by atomic mass is 10.3.